The maximum atomic E-state index is 11.0. The Labute approximate surface area is 122 Å². The van der Waals surface area contributed by atoms with Crippen LogP contribution in [0.3, 0.4) is 0 Å². The number of nitrogens with zero attached hydrogens (tertiary/aromatic N) is 2. The zero-order valence-electron chi connectivity index (χ0n) is 10.4. The minimum Gasteiger partial charge on any atom is -0.476 e. The van der Waals surface area contributed by atoms with Crippen molar-refractivity contribution in [2.75, 3.05) is 18.1 Å². The summed E-state index contributed by atoms with van der Waals surface area (Å²) in [5.41, 5.74) is 11.4. The second kappa shape index (κ2) is 7.40. The van der Waals surface area contributed by atoms with Crippen LogP contribution in [0.1, 0.15) is 27.9 Å². The molecular weight excluding hydrogens is 304 g/mol. The van der Waals surface area contributed by atoms with Gasteiger partial charge in [0.25, 0.3) is 0 Å². The first kappa shape index (κ1) is 15.9. The molecule has 0 atom stereocenters. The van der Waals surface area contributed by atoms with Gasteiger partial charge in [0.2, 0.25) is 0 Å². The van der Waals surface area contributed by atoms with Gasteiger partial charge in [-0.3, -0.25) is 0 Å². The number of carboxylic acids is 1. The highest BCUT2D eigenvalue weighted by Gasteiger charge is 2.12. The van der Waals surface area contributed by atoms with Crippen molar-refractivity contribution in [3.63, 3.8) is 0 Å². The number of hydrogen-bond acceptors (Lipinski definition) is 9. The second-order valence-electron chi connectivity index (χ2n) is 3.26. The van der Waals surface area contributed by atoms with Crippen molar-refractivity contribution >= 4 is 46.4 Å². The van der Waals surface area contributed by atoms with Gasteiger partial charge in [0.1, 0.15) is 0 Å². The Balaban J connectivity index is 0.000000204. The Morgan fingerprint density at radius 3 is 2.00 bits per heavy atom. The lowest BCUT2D eigenvalue weighted by Crippen LogP contribution is -2.07. The summed E-state index contributed by atoms with van der Waals surface area (Å²) in [5.74, 6) is -1.53. The standard InChI is InChI=1S/C6H8N2O2S.C4H4N2O2S/c1-2-10-6(9)5-4(7)3-11-8-5;5-2-1-9-6-3(2)4(7)8/h3H,2,7H2,1H3;1H,5H2,(H,7,8). The van der Waals surface area contributed by atoms with Crippen molar-refractivity contribution in [1.82, 2.24) is 8.75 Å². The van der Waals surface area contributed by atoms with Gasteiger partial charge in [-0.1, -0.05) is 0 Å². The van der Waals surface area contributed by atoms with E-state index in [2.05, 4.69) is 8.75 Å². The maximum absolute atomic E-state index is 11.0. The van der Waals surface area contributed by atoms with Crippen molar-refractivity contribution in [2.45, 2.75) is 6.92 Å². The number of aromatic carboxylic acids is 1. The van der Waals surface area contributed by atoms with E-state index in [9.17, 15) is 9.59 Å². The summed E-state index contributed by atoms with van der Waals surface area (Å²) in [4.78, 5) is 21.1. The Hall–Kier alpha value is -2.20. The van der Waals surface area contributed by atoms with Gasteiger partial charge < -0.3 is 21.3 Å². The lowest BCUT2D eigenvalue weighted by atomic mass is 10.4. The quantitative estimate of drug-likeness (QED) is 0.720. The van der Waals surface area contributed by atoms with E-state index in [0.29, 0.717) is 12.3 Å². The van der Waals surface area contributed by atoms with Gasteiger partial charge in [0.05, 0.1) is 18.0 Å². The van der Waals surface area contributed by atoms with Crippen LogP contribution in [0.2, 0.25) is 0 Å². The molecule has 0 unspecified atom stereocenters. The van der Waals surface area contributed by atoms with Crippen molar-refractivity contribution in [3.05, 3.63) is 22.1 Å². The molecule has 8 nitrogen and oxygen atoms in total. The van der Waals surface area contributed by atoms with Crippen molar-refractivity contribution < 1.29 is 19.4 Å². The molecule has 2 aromatic rings. The largest absolute Gasteiger partial charge is 0.476 e. The minimum absolute atomic E-state index is 0.0556. The zero-order valence-corrected chi connectivity index (χ0v) is 12.0. The van der Waals surface area contributed by atoms with Gasteiger partial charge in [0, 0.05) is 10.8 Å². The molecule has 0 aliphatic carbocycles. The maximum Gasteiger partial charge on any atom is 0.360 e. The van der Waals surface area contributed by atoms with Crippen LogP contribution in [-0.4, -0.2) is 32.4 Å². The lowest BCUT2D eigenvalue weighted by Gasteiger charge is -1.97. The molecule has 20 heavy (non-hydrogen) atoms. The molecule has 10 heteroatoms. The number of anilines is 2. The van der Waals surface area contributed by atoms with Crippen LogP contribution in [0.25, 0.3) is 0 Å². The Bertz CT molecular complexity index is 596. The number of nitrogens with two attached hydrogens (primary N) is 2. The lowest BCUT2D eigenvalue weighted by molar-refractivity contribution is 0.0521. The van der Waals surface area contributed by atoms with Crippen LogP contribution in [0.5, 0.6) is 0 Å². The summed E-state index contributed by atoms with van der Waals surface area (Å²) in [7, 11) is 0. The Kier molecular flexibility index (Phi) is 5.87. The van der Waals surface area contributed by atoms with E-state index in [1.165, 1.54) is 5.38 Å². The van der Waals surface area contributed by atoms with Crippen LogP contribution in [0.15, 0.2) is 10.8 Å². The third-order valence-corrected chi connectivity index (χ3v) is 3.16. The first-order valence-corrected chi connectivity index (χ1v) is 6.94. The highest BCUT2D eigenvalue weighted by atomic mass is 32.1. The molecule has 0 amide bonds. The molecule has 0 aliphatic heterocycles. The number of ether oxygens (including phenoxy) is 1. The van der Waals surface area contributed by atoms with E-state index in [1.807, 2.05) is 0 Å². The summed E-state index contributed by atoms with van der Waals surface area (Å²) in [6.45, 7) is 2.08. The molecule has 0 radical (unpaired) electrons. The van der Waals surface area contributed by atoms with Crippen LogP contribution >= 0.6 is 23.1 Å². The molecule has 0 saturated heterocycles. The first-order valence-electron chi connectivity index (χ1n) is 5.27. The number of aromatic nitrogens is 2. The summed E-state index contributed by atoms with van der Waals surface area (Å²) in [6, 6.07) is 0. The van der Waals surface area contributed by atoms with Crippen molar-refractivity contribution in [1.29, 1.82) is 0 Å². The molecule has 2 heterocycles. The number of carbonyl (C=O) groups excluding carboxylic acids is 1. The third kappa shape index (κ3) is 4.17. The number of carboxylic acid groups (broad SMARTS) is 1. The monoisotopic (exact) mass is 316 g/mol. The fraction of sp³-hybridized carbons (Fsp3) is 0.200. The highest BCUT2D eigenvalue weighted by Crippen LogP contribution is 2.13. The minimum atomic E-state index is -1.08. The normalized spacial score (nSPS) is 9.45. The molecule has 0 fully saturated rings. The Morgan fingerprint density at radius 2 is 1.70 bits per heavy atom. The summed E-state index contributed by atoms with van der Waals surface area (Å²) >= 11 is 2.18. The molecular formula is C10H12N4O4S2. The first-order chi connectivity index (χ1) is 9.47. The molecule has 5 N–H and O–H groups in total. The smallest absolute Gasteiger partial charge is 0.360 e. The molecule has 0 aromatic carbocycles. The third-order valence-electron chi connectivity index (χ3n) is 1.87. The van der Waals surface area contributed by atoms with Crippen molar-refractivity contribution in [2.24, 2.45) is 0 Å². The number of nitrogen functional groups attached to an aromatic ring is 2. The summed E-state index contributed by atoms with van der Waals surface area (Å²) in [5, 5.41) is 11.4. The molecule has 108 valence electrons. The van der Waals surface area contributed by atoms with Crippen LogP contribution < -0.4 is 11.5 Å². The van der Waals surface area contributed by atoms with E-state index in [0.717, 1.165) is 23.1 Å². The van der Waals surface area contributed by atoms with Gasteiger partial charge >= 0.3 is 11.9 Å². The molecule has 0 aliphatic rings. The molecule has 0 saturated carbocycles. The predicted molar refractivity (Wildman–Crippen MR) is 76.0 cm³/mol. The van der Waals surface area contributed by atoms with Crippen LogP contribution in [-0.2, 0) is 4.74 Å². The topological polar surface area (TPSA) is 141 Å². The van der Waals surface area contributed by atoms with Gasteiger partial charge in [-0.25, -0.2) is 9.59 Å². The van der Waals surface area contributed by atoms with E-state index in [1.54, 1.807) is 12.3 Å². The number of carbonyl (C=O) groups is 2. The zero-order chi connectivity index (χ0) is 15.1. The SMILES string of the molecule is CCOC(=O)c1nscc1N.Nc1csnc1C(=O)O. The van der Waals surface area contributed by atoms with Gasteiger partial charge in [-0.05, 0) is 30.0 Å². The average molecular weight is 316 g/mol. The highest BCUT2D eigenvalue weighted by molar-refractivity contribution is 7.04. The van der Waals surface area contributed by atoms with Crippen molar-refractivity contribution in [3.8, 4) is 0 Å². The number of hydrogen-bond donors (Lipinski definition) is 3. The molecule has 0 spiro atoms. The summed E-state index contributed by atoms with van der Waals surface area (Å²) < 4.78 is 12.0. The molecule has 2 aromatic heterocycles. The van der Waals surface area contributed by atoms with Gasteiger partial charge in [0.15, 0.2) is 11.4 Å². The summed E-state index contributed by atoms with van der Waals surface area (Å²) in [6.07, 6.45) is 0. The second-order valence-corrected chi connectivity index (χ2v) is 4.52. The van der Waals surface area contributed by atoms with E-state index < -0.39 is 11.9 Å². The van der Waals surface area contributed by atoms with Gasteiger partial charge in [-0.2, -0.15) is 8.75 Å². The van der Waals surface area contributed by atoms with E-state index in [-0.39, 0.29) is 17.1 Å². The predicted octanol–water partition coefficient (Wildman–Crippen LogP) is 1.33. The molecule has 0 bridgehead atoms. The Morgan fingerprint density at radius 1 is 1.20 bits per heavy atom. The van der Waals surface area contributed by atoms with Crippen LogP contribution in [0, 0.1) is 0 Å². The average Bonchev–Trinajstić information content (AvgIpc) is 2.98. The fourth-order valence-corrected chi connectivity index (χ4v) is 2.14. The van der Waals surface area contributed by atoms with E-state index in [4.69, 9.17) is 21.3 Å². The number of esters is 1. The fourth-order valence-electron chi connectivity index (χ4n) is 1.01. The van der Waals surface area contributed by atoms with E-state index >= 15 is 0 Å². The van der Waals surface area contributed by atoms with Crippen LogP contribution in [0.4, 0.5) is 11.4 Å². The van der Waals surface area contributed by atoms with Gasteiger partial charge in [-0.15, -0.1) is 0 Å². The number of rotatable bonds is 3. The molecule has 2 rings (SSSR count).